The number of ketones is 1. The van der Waals surface area contributed by atoms with Crippen molar-refractivity contribution in [2.75, 3.05) is 0 Å². The zero-order valence-corrected chi connectivity index (χ0v) is 13.2. The van der Waals surface area contributed by atoms with Crippen molar-refractivity contribution in [3.63, 3.8) is 0 Å². The number of alkyl carbamates (subject to hydrolysis) is 1. The topological polar surface area (TPSA) is 92.7 Å². The summed E-state index contributed by atoms with van der Waals surface area (Å²) in [7, 11) is 0. The van der Waals surface area contributed by atoms with Gasteiger partial charge in [-0.15, -0.1) is 0 Å². The normalized spacial score (nSPS) is 12.4. The number of benzene rings is 1. The monoisotopic (exact) mass is 307 g/mol. The molecule has 0 aromatic heterocycles. The Morgan fingerprint density at radius 1 is 1.18 bits per heavy atom. The van der Waals surface area contributed by atoms with E-state index in [1.165, 1.54) is 6.92 Å². The number of carboxylic acids is 1. The van der Waals surface area contributed by atoms with E-state index in [1.54, 1.807) is 45.0 Å². The van der Waals surface area contributed by atoms with Gasteiger partial charge >= 0.3 is 12.1 Å². The van der Waals surface area contributed by atoms with Crippen LogP contribution in [0.4, 0.5) is 4.79 Å². The fraction of sp³-hybridized carbons (Fsp3) is 0.438. The van der Waals surface area contributed by atoms with Gasteiger partial charge in [0.05, 0.1) is 0 Å². The minimum atomic E-state index is -1.15. The van der Waals surface area contributed by atoms with Gasteiger partial charge in [0.15, 0.2) is 5.78 Å². The molecule has 0 bridgehead atoms. The molecule has 0 saturated carbocycles. The molecule has 1 aromatic rings. The van der Waals surface area contributed by atoms with E-state index in [0.717, 1.165) is 0 Å². The Labute approximate surface area is 129 Å². The summed E-state index contributed by atoms with van der Waals surface area (Å²) in [6.45, 7) is 6.55. The van der Waals surface area contributed by atoms with Crippen molar-refractivity contribution >= 4 is 17.8 Å². The molecule has 0 saturated heterocycles. The van der Waals surface area contributed by atoms with Gasteiger partial charge in [-0.3, -0.25) is 4.79 Å². The second-order valence-electron chi connectivity index (χ2n) is 5.99. The third-order valence-corrected chi connectivity index (χ3v) is 2.79. The Hall–Kier alpha value is -2.37. The molecule has 6 heteroatoms. The van der Waals surface area contributed by atoms with Crippen LogP contribution in [-0.4, -0.2) is 34.6 Å². The van der Waals surface area contributed by atoms with E-state index in [4.69, 9.17) is 4.74 Å². The van der Waals surface area contributed by atoms with Gasteiger partial charge in [0.1, 0.15) is 11.6 Å². The number of ether oxygens (including phenoxy) is 1. The fourth-order valence-electron chi connectivity index (χ4n) is 1.76. The minimum absolute atomic E-state index is 0.0618. The Kier molecular flexibility index (Phi) is 5.68. The van der Waals surface area contributed by atoms with Crippen molar-refractivity contribution in [2.24, 2.45) is 0 Å². The molecule has 1 atom stereocenters. The average Bonchev–Trinajstić information content (AvgIpc) is 2.36. The van der Waals surface area contributed by atoms with Crippen molar-refractivity contribution in [2.45, 2.75) is 45.8 Å². The number of rotatable bonds is 5. The minimum Gasteiger partial charge on any atom is -0.480 e. The van der Waals surface area contributed by atoms with Gasteiger partial charge in [-0.2, -0.15) is 0 Å². The standard InChI is InChI=1S/C16H21NO5/c1-10(18)12-7-5-11(6-8-12)9-13(14(19)20)17-15(21)22-16(2,3)4/h5-8,13H,9H2,1-4H3,(H,17,21)(H,19,20). The lowest BCUT2D eigenvalue weighted by molar-refractivity contribution is -0.139. The van der Waals surface area contributed by atoms with Crippen LogP contribution in [0.5, 0.6) is 0 Å². The Balaban J connectivity index is 2.74. The lowest BCUT2D eigenvalue weighted by Crippen LogP contribution is -2.44. The summed E-state index contributed by atoms with van der Waals surface area (Å²) < 4.78 is 5.05. The molecule has 0 aliphatic heterocycles. The Bertz CT molecular complexity index is 557. The summed E-state index contributed by atoms with van der Waals surface area (Å²) in [5.41, 5.74) is 0.556. The van der Waals surface area contributed by atoms with E-state index >= 15 is 0 Å². The number of aliphatic carboxylic acids is 1. The molecule has 0 heterocycles. The van der Waals surface area contributed by atoms with E-state index < -0.39 is 23.7 Å². The third-order valence-electron chi connectivity index (χ3n) is 2.79. The van der Waals surface area contributed by atoms with Crippen molar-refractivity contribution in [1.82, 2.24) is 5.32 Å². The molecule has 0 radical (unpaired) electrons. The van der Waals surface area contributed by atoms with Crippen LogP contribution >= 0.6 is 0 Å². The van der Waals surface area contributed by atoms with Crippen LogP contribution in [-0.2, 0) is 16.0 Å². The molecule has 1 amide bonds. The Morgan fingerprint density at radius 3 is 2.14 bits per heavy atom. The van der Waals surface area contributed by atoms with E-state index in [9.17, 15) is 19.5 Å². The molecule has 0 fully saturated rings. The summed E-state index contributed by atoms with van der Waals surface area (Å²) in [4.78, 5) is 34.1. The van der Waals surface area contributed by atoms with Gasteiger partial charge < -0.3 is 15.2 Å². The first-order valence-corrected chi connectivity index (χ1v) is 6.90. The van der Waals surface area contributed by atoms with Crippen molar-refractivity contribution < 1.29 is 24.2 Å². The average molecular weight is 307 g/mol. The molecular formula is C16H21NO5. The van der Waals surface area contributed by atoms with Gasteiger partial charge in [-0.25, -0.2) is 9.59 Å². The lowest BCUT2D eigenvalue weighted by Gasteiger charge is -2.22. The number of Topliss-reactive ketones (excluding diaryl/α,β-unsaturated/α-hetero) is 1. The van der Waals surface area contributed by atoms with Crippen LogP contribution in [0.15, 0.2) is 24.3 Å². The largest absolute Gasteiger partial charge is 0.480 e. The SMILES string of the molecule is CC(=O)c1ccc(CC(NC(=O)OC(C)(C)C)C(=O)O)cc1. The summed E-state index contributed by atoms with van der Waals surface area (Å²) in [5.74, 6) is -1.21. The quantitative estimate of drug-likeness (QED) is 0.815. The second-order valence-corrected chi connectivity index (χ2v) is 5.99. The molecule has 1 rings (SSSR count). The number of nitrogens with one attached hydrogen (secondary N) is 1. The van der Waals surface area contributed by atoms with E-state index in [2.05, 4.69) is 5.32 Å². The van der Waals surface area contributed by atoms with Crippen molar-refractivity contribution in [1.29, 1.82) is 0 Å². The molecule has 1 unspecified atom stereocenters. The van der Waals surface area contributed by atoms with Crippen LogP contribution in [0.25, 0.3) is 0 Å². The van der Waals surface area contributed by atoms with Crippen molar-refractivity contribution in [3.8, 4) is 0 Å². The smallest absolute Gasteiger partial charge is 0.408 e. The number of carbonyl (C=O) groups excluding carboxylic acids is 2. The maximum atomic E-state index is 11.7. The molecule has 22 heavy (non-hydrogen) atoms. The zero-order chi connectivity index (χ0) is 16.9. The maximum absolute atomic E-state index is 11.7. The summed E-state index contributed by atoms with van der Waals surface area (Å²) in [5, 5.41) is 11.5. The molecule has 0 spiro atoms. The van der Waals surface area contributed by atoms with E-state index in [1.807, 2.05) is 0 Å². The first kappa shape index (κ1) is 17.7. The first-order valence-electron chi connectivity index (χ1n) is 6.90. The highest BCUT2D eigenvalue weighted by molar-refractivity contribution is 5.94. The molecule has 0 aliphatic rings. The zero-order valence-electron chi connectivity index (χ0n) is 13.2. The van der Waals surface area contributed by atoms with Crippen LogP contribution in [0.2, 0.25) is 0 Å². The maximum Gasteiger partial charge on any atom is 0.408 e. The lowest BCUT2D eigenvalue weighted by atomic mass is 10.0. The predicted molar refractivity (Wildman–Crippen MR) is 80.9 cm³/mol. The van der Waals surface area contributed by atoms with Gasteiger partial charge in [0.2, 0.25) is 0 Å². The summed E-state index contributed by atoms with van der Waals surface area (Å²) >= 11 is 0. The second kappa shape index (κ2) is 7.06. The highest BCUT2D eigenvalue weighted by Crippen LogP contribution is 2.10. The fourth-order valence-corrected chi connectivity index (χ4v) is 1.76. The third kappa shape index (κ3) is 5.95. The number of carbonyl (C=O) groups is 3. The van der Waals surface area contributed by atoms with Gasteiger partial charge in [0, 0.05) is 12.0 Å². The molecule has 1 aromatic carbocycles. The van der Waals surface area contributed by atoms with Crippen LogP contribution < -0.4 is 5.32 Å². The molecule has 120 valence electrons. The van der Waals surface area contributed by atoms with Crippen LogP contribution in [0.1, 0.15) is 43.6 Å². The van der Waals surface area contributed by atoms with Crippen LogP contribution in [0, 0.1) is 0 Å². The molecule has 2 N–H and O–H groups in total. The molecule has 0 aliphatic carbocycles. The molecule has 6 nitrogen and oxygen atoms in total. The highest BCUT2D eigenvalue weighted by atomic mass is 16.6. The Morgan fingerprint density at radius 2 is 1.73 bits per heavy atom. The first-order chi connectivity index (χ1) is 10.1. The summed E-state index contributed by atoms with van der Waals surface area (Å²) in [6, 6.07) is 5.50. The highest BCUT2D eigenvalue weighted by Gasteiger charge is 2.24. The number of amides is 1. The van der Waals surface area contributed by atoms with Gasteiger partial charge in [0.25, 0.3) is 0 Å². The van der Waals surface area contributed by atoms with E-state index in [-0.39, 0.29) is 12.2 Å². The number of hydrogen-bond donors (Lipinski definition) is 2. The number of carboxylic acid groups (broad SMARTS) is 1. The van der Waals surface area contributed by atoms with Gasteiger partial charge in [-0.05, 0) is 33.3 Å². The molecular weight excluding hydrogens is 286 g/mol. The van der Waals surface area contributed by atoms with Crippen molar-refractivity contribution in [3.05, 3.63) is 35.4 Å². The predicted octanol–water partition coefficient (Wildman–Crippen LogP) is 2.41. The number of hydrogen-bond acceptors (Lipinski definition) is 4. The summed E-state index contributed by atoms with van der Waals surface area (Å²) in [6.07, 6.45) is -0.674. The van der Waals surface area contributed by atoms with E-state index in [0.29, 0.717) is 11.1 Å². The van der Waals surface area contributed by atoms with Gasteiger partial charge in [-0.1, -0.05) is 24.3 Å². The van der Waals surface area contributed by atoms with Crippen LogP contribution in [0.3, 0.4) is 0 Å².